The van der Waals surface area contributed by atoms with Crippen LogP contribution in [0.25, 0.3) is 0 Å². The minimum Gasteiger partial charge on any atom is -0.336 e. The summed E-state index contributed by atoms with van der Waals surface area (Å²) >= 11 is 0. The number of carbonyl (C=O) groups is 2. The number of hydrogen-bond donors (Lipinski definition) is 1. The van der Waals surface area contributed by atoms with Crippen LogP contribution >= 0.6 is 0 Å². The zero-order chi connectivity index (χ0) is 16.3. The van der Waals surface area contributed by atoms with Crippen LogP contribution in [0.1, 0.15) is 31.1 Å². The van der Waals surface area contributed by atoms with Crippen molar-refractivity contribution in [1.82, 2.24) is 9.80 Å². The van der Waals surface area contributed by atoms with Crippen molar-refractivity contribution < 1.29 is 9.59 Å². The van der Waals surface area contributed by atoms with Crippen molar-refractivity contribution in [2.45, 2.75) is 20.8 Å². The monoisotopic (exact) mass is 303 g/mol. The zero-order valence-corrected chi connectivity index (χ0v) is 13.8. The van der Waals surface area contributed by atoms with Crippen LogP contribution in [0.2, 0.25) is 0 Å². The molecule has 1 fully saturated rings. The number of rotatable bonds is 2. The third kappa shape index (κ3) is 4.07. The van der Waals surface area contributed by atoms with E-state index in [0.717, 1.165) is 26.2 Å². The fourth-order valence-corrected chi connectivity index (χ4v) is 2.24. The van der Waals surface area contributed by atoms with Gasteiger partial charge in [-0.1, -0.05) is 26.8 Å². The minimum absolute atomic E-state index is 0.0277. The lowest BCUT2D eigenvalue weighted by atomic mass is 9.95. The van der Waals surface area contributed by atoms with Gasteiger partial charge in [-0.3, -0.25) is 9.59 Å². The Hall–Kier alpha value is -1.88. The normalized spacial score (nSPS) is 16.5. The van der Waals surface area contributed by atoms with Gasteiger partial charge in [0.2, 0.25) is 5.91 Å². The van der Waals surface area contributed by atoms with Crippen molar-refractivity contribution in [3.8, 4) is 0 Å². The van der Waals surface area contributed by atoms with Crippen molar-refractivity contribution in [1.29, 1.82) is 0 Å². The van der Waals surface area contributed by atoms with Crippen LogP contribution in [-0.4, -0.2) is 54.8 Å². The largest absolute Gasteiger partial charge is 0.336 e. The van der Waals surface area contributed by atoms with Gasteiger partial charge in [0.1, 0.15) is 0 Å². The molecule has 22 heavy (non-hydrogen) atoms. The van der Waals surface area contributed by atoms with E-state index in [1.54, 1.807) is 12.1 Å². The number of anilines is 1. The zero-order valence-electron chi connectivity index (χ0n) is 13.8. The van der Waals surface area contributed by atoms with Gasteiger partial charge in [-0.25, -0.2) is 0 Å². The molecule has 0 spiro atoms. The molecule has 0 unspecified atom stereocenters. The summed E-state index contributed by atoms with van der Waals surface area (Å²) in [5, 5.41) is 2.87. The molecule has 1 heterocycles. The second-order valence-corrected chi connectivity index (χ2v) is 6.88. The number of piperazine rings is 1. The molecule has 1 aromatic rings. The molecule has 120 valence electrons. The van der Waals surface area contributed by atoms with E-state index in [2.05, 4.69) is 17.3 Å². The summed E-state index contributed by atoms with van der Waals surface area (Å²) < 4.78 is 0. The molecule has 5 heteroatoms. The Kier molecular flexibility index (Phi) is 4.86. The number of carbonyl (C=O) groups excluding carboxylic acids is 2. The lowest BCUT2D eigenvalue weighted by molar-refractivity contribution is -0.123. The smallest absolute Gasteiger partial charge is 0.254 e. The standard InChI is InChI=1S/C17H25N3O2/c1-17(2,3)16(22)18-14-7-5-6-13(12-14)15(21)20-10-8-19(4)9-11-20/h5-7,12H,8-11H2,1-4H3,(H,18,22). The number of amides is 2. The number of hydrogen-bond acceptors (Lipinski definition) is 3. The summed E-state index contributed by atoms with van der Waals surface area (Å²) in [6, 6.07) is 7.17. The van der Waals surface area contributed by atoms with Gasteiger partial charge in [0.25, 0.3) is 5.91 Å². The predicted octanol–water partition coefficient (Wildman–Crippen LogP) is 2.06. The summed E-state index contributed by atoms with van der Waals surface area (Å²) in [7, 11) is 2.06. The first-order chi connectivity index (χ1) is 10.3. The summed E-state index contributed by atoms with van der Waals surface area (Å²) in [5.74, 6) is -0.0309. The van der Waals surface area contributed by atoms with Gasteiger partial charge >= 0.3 is 0 Å². The average Bonchev–Trinajstić information content (AvgIpc) is 2.46. The van der Waals surface area contributed by atoms with Crippen LogP contribution in [0.4, 0.5) is 5.69 Å². The summed E-state index contributed by atoms with van der Waals surface area (Å²) in [5.41, 5.74) is 0.827. The molecule has 0 saturated carbocycles. The van der Waals surface area contributed by atoms with Gasteiger partial charge in [-0.15, -0.1) is 0 Å². The third-order valence-corrected chi connectivity index (χ3v) is 3.84. The van der Waals surface area contributed by atoms with Crippen molar-refractivity contribution in [3.05, 3.63) is 29.8 Å². The van der Waals surface area contributed by atoms with Gasteiger partial charge in [-0.05, 0) is 25.2 Å². The maximum Gasteiger partial charge on any atom is 0.254 e. The molecule has 1 aliphatic heterocycles. The number of nitrogens with zero attached hydrogens (tertiary/aromatic N) is 2. The first-order valence-corrected chi connectivity index (χ1v) is 7.67. The van der Waals surface area contributed by atoms with E-state index in [1.165, 1.54) is 0 Å². The van der Waals surface area contributed by atoms with Gasteiger partial charge in [0.05, 0.1) is 0 Å². The number of benzene rings is 1. The molecule has 1 N–H and O–H groups in total. The van der Waals surface area contributed by atoms with Crippen molar-refractivity contribution in [2.75, 3.05) is 38.5 Å². The van der Waals surface area contributed by atoms with Crippen molar-refractivity contribution in [2.24, 2.45) is 5.41 Å². The van der Waals surface area contributed by atoms with E-state index < -0.39 is 5.41 Å². The van der Waals surface area contributed by atoms with E-state index in [1.807, 2.05) is 37.8 Å². The first-order valence-electron chi connectivity index (χ1n) is 7.67. The summed E-state index contributed by atoms with van der Waals surface area (Å²) in [6.45, 7) is 8.87. The summed E-state index contributed by atoms with van der Waals surface area (Å²) in [4.78, 5) is 28.7. The third-order valence-electron chi connectivity index (χ3n) is 3.84. The van der Waals surface area contributed by atoms with Gasteiger partial charge in [0.15, 0.2) is 0 Å². The predicted molar refractivity (Wildman–Crippen MR) is 87.9 cm³/mol. The molecule has 2 rings (SSSR count). The maximum atomic E-state index is 12.5. The van der Waals surface area contributed by atoms with Crippen LogP contribution < -0.4 is 5.32 Å². The maximum absolute atomic E-state index is 12.5. The van der Waals surface area contributed by atoms with Crippen molar-refractivity contribution in [3.63, 3.8) is 0 Å². The van der Waals surface area contributed by atoms with E-state index in [9.17, 15) is 9.59 Å². The van der Waals surface area contributed by atoms with Crippen LogP contribution in [0, 0.1) is 5.41 Å². The van der Waals surface area contributed by atoms with Gasteiger partial charge in [0, 0.05) is 42.8 Å². The van der Waals surface area contributed by atoms with E-state index in [4.69, 9.17) is 0 Å². The fraction of sp³-hybridized carbons (Fsp3) is 0.529. The van der Waals surface area contributed by atoms with Gasteiger partial charge in [-0.2, -0.15) is 0 Å². The quantitative estimate of drug-likeness (QED) is 0.910. The molecule has 1 aromatic carbocycles. The molecule has 1 aliphatic rings. The highest BCUT2D eigenvalue weighted by Crippen LogP contribution is 2.19. The van der Waals surface area contributed by atoms with Crippen LogP contribution in [-0.2, 0) is 4.79 Å². The molecule has 0 radical (unpaired) electrons. The highest BCUT2D eigenvalue weighted by atomic mass is 16.2. The average molecular weight is 303 g/mol. The van der Waals surface area contributed by atoms with Crippen LogP contribution in [0.5, 0.6) is 0 Å². The topological polar surface area (TPSA) is 52.6 Å². The highest BCUT2D eigenvalue weighted by molar-refractivity contribution is 5.98. The number of nitrogens with one attached hydrogen (secondary N) is 1. The lowest BCUT2D eigenvalue weighted by Crippen LogP contribution is -2.47. The molecule has 0 aromatic heterocycles. The number of likely N-dealkylation sites (N-methyl/N-ethyl adjacent to an activating group) is 1. The van der Waals surface area contributed by atoms with E-state index in [0.29, 0.717) is 11.3 Å². The van der Waals surface area contributed by atoms with Crippen LogP contribution in [0.15, 0.2) is 24.3 Å². The molecule has 0 atom stereocenters. The Bertz CT molecular complexity index is 555. The first kappa shape index (κ1) is 16.5. The Labute approximate surface area is 132 Å². The molecular formula is C17H25N3O2. The summed E-state index contributed by atoms with van der Waals surface area (Å²) in [6.07, 6.45) is 0. The van der Waals surface area contributed by atoms with Crippen LogP contribution in [0.3, 0.4) is 0 Å². The Morgan fingerprint density at radius 1 is 1.09 bits per heavy atom. The molecule has 1 saturated heterocycles. The van der Waals surface area contributed by atoms with E-state index >= 15 is 0 Å². The molecule has 0 aliphatic carbocycles. The second kappa shape index (κ2) is 6.48. The Morgan fingerprint density at radius 3 is 2.32 bits per heavy atom. The molecule has 5 nitrogen and oxygen atoms in total. The second-order valence-electron chi connectivity index (χ2n) is 6.88. The Morgan fingerprint density at radius 2 is 1.73 bits per heavy atom. The fourth-order valence-electron chi connectivity index (χ4n) is 2.24. The lowest BCUT2D eigenvalue weighted by Gasteiger charge is -2.32. The van der Waals surface area contributed by atoms with Gasteiger partial charge < -0.3 is 15.1 Å². The molecular weight excluding hydrogens is 278 g/mol. The Balaban J connectivity index is 2.08. The minimum atomic E-state index is -0.461. The highest BCUT2D eigenvalue weighted by Gasteiger charge is 2.23. The van der Waals surface area contributed by atoms with E-state index in [-0.39, 0.29) is 11.8 Å². The van der Waals surface area contributed by atoms with Crippen molar-refractivity contribution >= 4 is 17.5 Å². The SMILES string of the molecule is CN1CCN(C(=O)c2cccc(NC(=O)C(C)(C)C)c2)CC1. The molecule has 2 amide bonds. The molecule has 0 bridgehead atoms.